The fraction of sp³-hybridized carbons (Fsp3) is 1.00. The largest absolute Gasteiger partial charge is 0.330 e. The number of hydrogen-bond donors (Lipinski definition) is 2. The lowest BCUT2D eigenvalue weighted by molar-refractivity contribution is 0.646. The number of hydrogen-bond acceptors (Lipinski definition) is 2. The Kier molecular flexibility index (Phi) is 6.85. The van der Waals surface area contributed by atoms with Crippen LogP contribution in [0.5, 0.6) is 0 Å². The Hall–Kier alpha value is -0.0800. The Morgan fingerprint density at radius 2 is 2.12 bits per heavy atom. The van der Waals surface area contributed by atoms with Gasteiger partial charge in [-0.25, -0.2) is 0 Å². The summed E-state index contributed by atoms with van der Waals surface area (Å²) >= 11 is 0. The lowest BCUT2D eigenvalue weighted by Gasteiger charge is -1.97. The van der Waals surface area contributed by atoms with Crippen LogP contribution in [0.4, 0.5) is 0 Å². The van der Waals surface area contributed by atoms with Gasteiger partial charge in [0.1, 0.15) is 0 Å². The van der Waals surface area contributed by atoms with E-state index in [9.17, 15) is 0 Å². The van der Waals surface area contributed by atoms with E-state index in [-0.39, 0.29) is 0 Å². The monoisotopic (exact) mass is 116 g/mol. The lowest BCUT2D eigenvalue weighted by Crippen LogP contribution is -2.15. The van der Waals surface area contributed by atoms with Crippen molar-refractivity contribution in [2.45, 2.75) is 19.8 Å². The minimum atomic E-state index is 0.825. The molecule has 0 amide bonds. The van der Waals surface area contributed by atoms with Gasteiger partial charge in [0.15, 0.2) is 0 Å². The second kappa shape index (κ2) is 6.92. The van der Waals surface area contributed by atoms with Crippen LogP contribution < -0.4 is 11.1 Å². The van der Waals surface area contributed by atoms with Crippen LogP contribution in [0.1, 0.15) is 19.8 Å². The summed E-state index contributed by atoms with van der Waals surface area (Å²) in [6.07, 6.45) is 2.36. The highest BCUT2D eigenvalue weighted by Gasteiger charge is 1.81. The zero-order valence-electron chi connectivity index (χ0n) is 5.61. The van der Waals surface area contributed by atoms with Gasteiger partial charge in [0.25, 0.3) is 0 Å². The average Bonchev–Trinajstić information content (AvgIpc) is 1.81. The summed E-state index contributed by atoms with van der Waals surface area (Å²) < 4.78 is 0. The van der Waals surface area contributed by atoms with Crippen molar-refractivity contribution < 1.29 is 0 Å². The van der Waals surface area contributed by atoms with Gasteiger partial charge in [-0.15, -0.1) is 0 Å². The topological polar surface area (TPSA) is 38.0 Å². The maximum Gasteiger partial charge on any atom is -0.00486 e. The van der Waals surface area contributed by atoms with Gasteiger partial charge in [0.2, 0.25) is 0 Å². The smallest absolute Gasteiger partial charge is 0.00486 e. The predicted molar refractivity (Wildman–Crippen MR) is 36.8 cm³/mol. The Morgan fingerprint density at radius 3 is 2.62 bits per heavy atom. The van der Waals surface area contributed by atoms with Crippen molar-refractivity contribution in [3.63, 3.8) is 0 Å². The number of unbranched alkanes of at least 4 members (excludes halogenated alkanes) is 1. The second-order valence-electron chi connectivity index (χ2n) is 1.85. The molecule has 0 rings (SSSR count). The summed E-state index contributed by atoms with van der Waals surface area (Å²) in [6, 6.07) is 0. The summed E-state index contributed by atoms with van der Waals surface area (Å²) in [5.74, 6) is 0. The molecule has 50 valence electrons. The zero-order valence-corrected chi connectivity index (χ0v) is 5.61. The summed E-state index contributed by atoms with van der Waals surface area (Å²) in [6.45, 7) is 5.13. The summed E-state index contributed by atoms with van der Waals surface area (Å²) in [5.41, 5.74) is 5.28. The van der Waals surface area contributed by atoms with Crippen LogP contribution >= 0.6 is 0 Å². The molecule has 2 heteroatoms. The molecule has 0 aliphatic carbocycles. The Labute approximate surface area is 51.5 Å². The zero-order chi connectivity index (χ0) is 6.24. The average molecular weight is 116 g/mol. The van der Waals surface area contributed by atoms with Crippen molar-refractivity contribution in [1.82, 2.24) is 5.32 Å². The molecule has 2 nitrogen and oxygen atoms in total. The van der Waals surface area contributed by atoms with E-state index in [1.165, 1.54) is 6.42 Å². The van der Waals surface area contributed by atoms with Crippen LogP contribution in [-0.4, -0.2) is 19.6 Å². The first kappa shape index (κ1) is 7.92. The molecule has 0 heterocycles. The van der Waals surface area contributed by atoms with Gasteiger partial charge in [0, 0.05) is 0 Å². The Bertz CT molecular complexity index is 31.5. The quantitative estimate of drug-likeness (QED) is 0.508. The lowest BCUT2D eigenvalue weighted by atomic mass is 10.3. The van der Waals surface area contributed by atoms with Gasteiger partial charge in [-0.3, -0.25) is 0 Å². The third-order valence-electron chi connectivity index (χ3n) is 1.06. The van der Waals surface area contributed by atoms with Gasteiger partial charge in [0.05, 0.1) is 0 Å². The van der Waals surface area contributed by atoms with Crippen LogP contribution in [0.2, 0.25) is 0 Å². The highest BCUT2D eigenvalue weighted by Crippen LogP contribution is 1.80. The van der Waals surface area contributed by atoms with E-state index < -0.39 is 0 Å². The Morgan fingerprint density at radius 1 is 1.38 bits per heavy atom. The van der Waals surface area contributed by atoms with Gasteiger partial charge < -0.3 is 11.1 Å². The van der Waals surface area contributed by atoms with E-state index >= 15 is 0 Å². The van der Waals surface area contributed by atoms with Crippen molar-refractivity contribution in [3.05, 3.63) is 0 Å². The van der Waals surface area contributed by atoms with Crippen LogP contribution in [0.15, 0.2) is 0 Å². The molecule has 8 heavy (non-hydrogen) atoms. The summed E-state index contributed by atoms with van der Waals surface area (Å²) in [5, 5.41) is 3.23. The van der Waals surface area contributed by atoms with Crippen LogP contribution in [0.3, 0.4) is 0 Å². The third kappa shape index (κ3) is 5.92. The molecule has 0 aromatic carbocycles. The maximum atomic E-state index is 5.28. The maximum absolute atomic E-state index is 5.28. The van der Waals surface area contributed by atoms with Crippen molar-refractivity contribution in [2.24, 2.45) is 5.73 Å². The second-order valence-corrected chi connectivity index (χ2v) is 1.85. The molecule has 0 saturated carbocycles. The first-order valence-corrected chi connectivity index (χ1v) is 3.32. The number of nitrogens with two attached hydrogens (primary N) is 1. The normalized spacial score (nSPS) is 9.75. The predicted octanol–water partition coefficient (Wildman–Crippen LogP) is 0.335. The molecule has 0 spiro atoms. The standard InChI is InChI=1S/C6H16N2/c1-2-8-6-4-3-5-7/h8H,2-7H2,1H3. The molecule has 3 N–H and O–H groups in total. The fourth-order valence-corrected chi connectivity index (χ4v) is 0.571. The van der Waals surface area contributed by atoms with Crippen molar-refractivity contribution in [2.75, 3.05) is 19.6 Å². The van der Waals surface area contributed by atoms with E-state index in [1.54, 1.807) is 0 Å². The van der Waals surface area contributed by atoms with Crippen molar-refractivity contribution in [1.29, 1.82) is 0 Å². The van der Waals surface area contributed by atoms with Crippen LogP contribution in [0.25, 0.3) is 0 Å². The molecule has 0 atom stereocenters. The van der Waals surface area contributed by atoms with Gasteiger partial charge in [-0.2, -0.15) is 0 Å². The van der Waals surface area contributed by atoms with Crippen LogP contribution in [0, 0.1) is 0 Å². The highest BCUT2D eigenvalue weighted by atomic mass is 14.8. The molecular formula is C6H16N2. The fourth-order valence-electron chi connectivity index (χ4n) is 0.571. The van der Waals surface area contributed by atoms with E-state index in [1.807, 2.05) is 0 Å². The SMILES string of the molecule is CCNCCCCN. The molecular weight excluding hydrogens is 100 g/mol. The molecule has 0 unspecified atom stereocenters. The van der Waals surface area contributed by atoms with E-state index in [4.69, 9.17) is 5.73 Å². The van der Waals surface area contributed by atoms with Gasteiger partial charge >= 0.3 is 0 Å². The first-order chi connectivity index (χ1) is 3.91. The van der Waals surface area contributed by atoms with Crippen LogP contribution in [-0.2, 0) is 0 Å². The molecule has 0 saturated heterocycles. The summed E-state index contributed by atoms with van der Waals surface area (Å²) in [4.78, 5) is 0. The number of nitrogens with one attached hydrogen (secondary N) is 1. The molecule has 0 aliphatic heterocycles. The highest BCUT2D eigenvalue weighted by molar-refractivity contribution is 4.44. The third-order valence-corrected chi connectivity index (χ3v) is 1.06. The minimum Gasteiger partial charge on any atom is -0.330 e. The molecule has 0 radical (unpaired) electrons. The Balaban J connectivity index is 2.53. The first-order valence-electron chi connectivity index (χ1n) is 3.32. The molecule has 0 aromatic heterocycles. The molecule has 0 aliphatic rings. The van der Waals surface area contributed by atoms with Gasteiger partial charge in [-0.05, 0) is 32.5 Å². The molecule has 0 bridgehead atoms. The number of rotatable bonds is 5. The van der Waals surface area contributed by atoms with Crippen molar-refractivity contribution >= 4 is 0 Å². The van der Waals surface area contributed by atoms with Crippen molar-refractivity contribution in [3.8, 4) is 0 Å². The molecule has 0 aromatic rings. The van der Waals surface area contributed by atoms with E-state index in [2.05, 4.69) is 12.2 Å². The molecule has 0 fully saturated rings. The summed E-state index contributed by atoms with van der Waals surface area (Å²) in [7, 11) is 0. The van der Waals surface area contributed by atoms with E-state index in [0.29, 0.717) is 0 Å². The minimum absolute atomic E-state index is 0.825. The van der Waals surface area contributed by atoms with E-state index in [0.717, 1.165) is 26.1 Å². The van der Waals surface area contributed by atoms with Gasteiger partial charge in [-0.1, -0.05) is 6.92 Å².